The van der Waals surface area contributed by atoms with Gasteiger partial charge >= 0.3 is 0 Å². The number of nitrogens with one attached hydrogen (secondary N) is 1. The minimum Gasteiger partial charge on any atom is -0.348 e. The fraction of sp³-hybridized carbons (Fsp3) is 0.688. The van der Waals surface area contributed by atoms with E-state index in [1.165, 1.54) is 4.88 Å². The van der Waals surface area contributed by atoms with E-state index >= 15 is 0 Å². The zero-order valence-corrected chi connectivity index (χ0v) is 15.2. The largest absolute Gasteiger partial charge is 0.348 e. The lowest BCUT2D eigenvalue weighted by molar-refractivity contribution is -0.130. The first kappa shape index (κ1) is 17.7. The van der Waals surface area contributed by atoms with E-state index < -0.39 is 0 Å². The highest BCUT2D eigenvalue weighted by atomic mass is 35.5. The Balaban J connectivity index is 1.80. The van der Waals surface area contributed by atoms with Crippen LogP contribution in [0.2, 0.25) is 4.34 Å². The summed E-state index contributed by atoms with van der Waals surface area (Å²) in [4.78, 5) is 17.0. The number of likely N-dealkylation sites (tertiary alicyclic amines) is 1. The Labute approximate surface area is 142 Å². The molecule has 0 aromatic carbocycles. The van der Waals surface area contributed by atoms with Crippen molar-refractivity contribution in [3.8, 4) is 0 Å². The van der Waals surface area contributed by atoms with E-state index in [9.17, 15) is 4.79 Å². The van der Waals surface area contributed by atoms with Gasteiger partial charge in [-0.3, -0.25) is 9.69 Å². The number of amides is 1. The summed E-state index contributed by atoms with van der Waals surface area (Å²) >= 11 is 7.71. The second kappa shape index (κ2) is 8.29. The van der Waals surface area contributed by atoms with Crippen molar-refractivity contribution in [2.24, 2.45) is 0 Å². The van der Waals surface area contributed by atoms with Crippen LogP contribution >= 0.6 is 22.9 Å². The summed E-state index contributed by atoms with van der Waals surface area (Å²) in [5, 5.41) is 3.76. The lowest BCUT2D eigenvalue weighted by Crippen LogP contribution is -2.46. The third-order valence-electron chi connectivity index (χ3n) is 4.23. The Morgan fingerprint density at radius 2 is 2.14 bits per heavy atom. The Bertz CT molecular complexity index is 483. The number of halogens is 1. The predicted octanol–water partition coefficient (Wildman–Crippen LogP) is 2.99. The molecule has 0 bridgehead atoms. The number of likely N-dealkylation sites (N-methyl/N-ethyl adjacent to an activating group) is 1. The van der Waals surface area contributed by atoms with E-state index in [0.717, 1.165) is 36.7 Å². The number of carbonyl (C=O) groups is 1. The maximum atomic E-state index is 11.8. The van der Waals surface area contributed by atoms with Gasteiger partial charge in [-0.25, -0.2) is 0 Å². The van der Waals surface area contributed by atoms with Gasteiger partial charge in [0.1, 0.15) is 0 Å². The van der Waals surface area contributed by atoms with Crippen LogP contribution in [0.5, 0.6) is 0 Å². The highest BCUT2D eigenvalue weighted by Crippen LogP contribution is 2.29. The number of hydrogen-bond donors (Lipinski definition) is 1. The standard InChI is InChI=1S/C16H26ClN3OS/c1-4-13(14-5-6-15(17)22-14)18-12-7-9-20(10-8-12)11-16(21)19(2)3/h5-6,12-13,18H,4,7-11H2,1-3H3. The van der Waals surface area contributed by atoms with Crippen molar-refractivity contribution >= 4 is 28.8 Å². The Morgan fingerprint density at radius 3 is 2.64 bits per heavy atom. The molecule has 2 rings (SSSR count). The number of hydrogen-bond acceptors (Lipinski definition) is 4. The van der Waals surface area contributed by atoms with Crippen molar-refractivity contribution < 1.29 is 4.79 Å². The molecule has 1 amide bonds. The molecule has 1 saturated heterocycles. The molecule has 0 aliphatic carbocycles. The molecule has 1 aromatic rings. The van der Waals surface area contributed by atoms with Crippen LogP contribution < -0.4 is 5.32 Å². The molecule has 1 aliphatic heterocycles. The van der Waals surface area contributed by atoms with Crippen molar-refractivity contribution in [2.75, 3.05) is 33.7 Å². The minimum absolute atomic E-state index is 0.186. The topological polar surface area (TPSA) is 35.6 Å². The quantitative estimate of drug-likeness (QED) is 0.862. The molecule has 6 heteroatoms. The summed E-state index contributed by atoms with van der Waals surface area (Å²) in [5.41, 5.74) is 0. The Hall–Kier alpha value is -0.620. The van der Waals surface area contributed by atoms with Crippen LogP contribution in [0.3, 0.4) is 0 Å². The van der Waals surface area contributed by atoms with E-state index in [0.29, 0.717) is 18.6 Å². The molecular weight excluding hydrogens is 318 g/mol. The normalized spacial score (nSPS) is 18.4. The monoisotopic (exact) mass is 343 g/mol. The molecule has 4 nitrogen and oxygen atoms in total. The van der Waals surface area contributed by atoms with Gasteiger partial charge in [0.25, 0.3) is 0 Å². The number of carbonyl (C=O) groups excluding carboxylic acids is 1. The predicted molar refractivity (Wildman–Crippen MR) is 93.7 cm³/mol. The summed E-state index contributed by atoms with van der Waals surface area (Å²) in [7, 11) is 3.63. The highest BCUT2D eigenvalue weighted by Gasteiger charge is 2.23. The fourth-order valence-corrected chi connectivity index (χ4v) is 4.00. The SMILES string of the molecule is CCC(NC1CCN(CC(=O)N(C)C)CC1)c1ccc(Cl)s1. The Kier molecular flexibility index (Phi) is 6.68. The van der Waals surface area contributed by atoms with Crippen molar-refractivity contribution in [1.29, 1.82) is 0 Å². The summed E-state index contributed by atoms with van der Waals surface area (Å²) in [6.07, 6.45) is 3.25. The third kappa shape index (κ3) is 4.95. The van der Waals surface area contributed by atoms with E-state index in [1.807, 2.05) is 20.2 Å². The summed E-state index contributed by atoms with van der Waals surface area (Å²) in [6.45, 7) is 4.71. The molecule has 1 fully saturated rings. The van der Waals surface area contributed by atoms with Gasteiger partial charge in [-0.1, -0.05) is 18.5 Å². The first-order valence-electron chi connectivity index (χ1n) is 7.93. The number of nitrogens with zero attached hydrogens (tertiary/aromatic N) is 2. The van der Waals surface area contributed by atoms with Gasteiger partial charge in [-0.05, 0) is 31.4 Å². The highest BCUT2D eigenvalue weighted by molar-refractivity contribution is 7.16. The molecule has 0 spiro atoms. The van der Waals surface area contributed by atoms with Gasteiger partial charge in [-0.15, -0.1) is 11.3 Å². The lowest BCUT2D eigenvalue weighted by atomic mass is 10.0. The molecule has 1 aromatic heterocycles. The van der Waals surface area contributed by atoms with E-state index in [2.05, 4.69) is 23.2 Å². The maximum absolute atomic E-state index is 11.8. The average molecular weight is 344 g/mol. The maximum Gasteiger partial charge on any atom is 0.236 e. The summed E-state index contributed by atoms with van der Waals surface area (Å²) in [5.74, 6) is 0.186. The van der Waals surface area contributed by atoms with Crippen molar-refractivity contribution in [2.45, 2.75) is 38.3 Å². The number of rotatable bonds is 6. The average Bonchev–Trinajstić information content (AvgIpc) is 2.92. The van der Waals surface area contributed by atoms with Gasteiger partial charge < -0.3 is 10.2 Å². The van der Waals surface area contributed by atoms with Gasteiger partial charge in [0, 0.05) is 44.1 Å². The van der Waals surface area contributed by atoms with Gasteiger partial charge in [0.15, 0.2) is 0 Å². The fourth-order valence-electron chi connectivity index (χ4n) is 2.79. The molecule has 1 aliphatic rings. The van der Waals surface area contributed by atoms with Gasteiger partial charge in [0.05, 0.1) is 10.9 Å². The first-order valence-corrected chi connectivity index (χ1v) is 9.12. The van der Waals surface area contributed by atoms with Gasteiger partial charge in [-0.2, -0.15) is 0 Å². The van der Waals surface area contributed by atoms with Crippen molar-refractivity contribution in [1.82, 2.24) is 15.1 Å². The molecule has 0 saturated carbocycles. The van der Waals surface area contributed by atoms with Crippen LogP contribution in [0.1, 0.15) is 37.1 Å². The van der Waals surface area contributed by atoms with Crippen LogP contribution in [0.15, 0.2) is 12.1 Å². The molecule has 2 heterocycles. The molecule has 22 heavy (non-hydrogen) atoms. The van der Waals surface area contributed by atoms with Gasteiger partial charge in [0.2, 0.25) is 5.91 Å². The molecule has 1 atom stereocenters. The van der Waals surface area contributed by atoms with Crippen molar-refractivity contribution in [3.05, 3.63) is 21.3 Å². The molecule has 0 radical (unpaired) electrons. The summed E-state index contributed by atoms with van der Waals surface area (Å²) in [6, 6.07) is 5.01. The molecular formula is C16H26ClN3OS. The lowest BCUT2D eigenvalue weighted by Gasteiger charge is -2.34. The second-order valence-electron chi connectivity index (χ2n) is 6.11. The first-order chi connectivity index (χ1) is 10.5. The van der Waals surface area contributed by atoms with Crippen LogP contribution in [0, 0.1) is 0 Å². The van der Waals surface area contributed by atoms with E-state index in [-0.39, 0.29) is 5.91 Å². The molecule has 1 unspecified atom stereocenters. The van der Waals surface area contributed by atoms with Crippen LogP contribution in [0.4, 0.5) is 0 Å². The van der Waals surface area contributed by atoms with Crippen LogP contribution in [-0.2, 0) is 4.79 Å². The second-order valence-corrected chi connectivity index (χ2v) is 7.85. The zero-order valence-electron chi connectivity index (χ0n) is 13.6. The number of piperidine rings is 1. The third-order valence-corrected chi connectivity index (χ3v) is 5.57. The zero-order chi connectivity index (χ0) is 16.1. The van der Waals surface area contributed by atoms with E-state index in [4.69, 9.17) is 11.6 Å². The molecule has 124 valence electrons. The van der Waals surface area contributed by atoms with Crippen molar-refractivity contribution in [3.63, 3.8) is 0 Å². The Morgan fingerprint density at radius 1 is 1.45 bits per heavy atom. The smallest absolute Gasteiger partial charge is 0.236 e. The molecule has 1 N–H and O–H groups in total. The minimum atomic E-state index is 0.186. The number of thiophene rings is 1. The van der Waals surface area contributed by atoms with E-state index in [1.54, 1.807) is 16.2 Å². The summed E-state index contributed by atoms with van der Waals surface area (Å²) < 4.78 is 0.854. The van der Waals surface area contributed by atoms with Crippen LogP contribution in [0.25, 0.3) is 0 Å². The van der Waals surface area contributed by atoms with Crippen LogP contribution in [-0.4, -0.2) is 55.5 Å².